The molecule has 0 bridgehead atoms. The van der Waals surface area contributed by atoms with Crippen molar-refractivity contribution in [3.63, 3.8) is 0 Å². The van der Waals surface area contributed by atoms with Crippen LogP contribution in [0.3, 0.4) is 0 Å². The first-order valence-corrected chi connectivity index (χ1v) is 8.61. The normalized spacial score (nSPS) is 26.6. The minimum Gasteiger partial charge on any atom is -0.354 e. The number of hydrogen-bond acceptors (Lipinski definition) is 4. The molecular weight excluding hydrogens is 314 g/mol. The predicted octanol–water partition coefficient (Wildman–Crippen LogP) is 0.964. The second-order valence-corrected chi connectivity index (χ2v) is 7.33. The van der Waals surface area contributed by atoms with E-state index in [1.807, 2.05) is 24.3 Å². The zero-order valence-corrected chi connectivity index (χ0v) is 13.4. The summed E-state index contributed by atoms with van der Waals surface area (Å²) in [7, 11) is 0. The SMILES string of the molecule is O=C1CN(C(=O)C23CCC(=O)N2c2ccccc2S3)CCCN1. The van der Waals surface area contributed by atoms with Gasteiger partial charge in [0.15, 0.2) is 4.87 Å². The van der Waals surface area contributed by atoms with Crippen molar-refractivity contribution in [1.29, 1.82) is 0 Å². The Bertz CT molecular complexity index is 708. The summed E-state index contributed by atoms with van der Waals surface area (Å²) in [5.41, 5.74) is 0.813. The van der Waals surface area contributed by atoms with Crippen LogP contribution in [0.5, 0.6) is 0 Å². The molecule has 1 aromatic rings. The summed E-state index contributed by atoms with van der Waals surface area (Å²) < 4.78 is 0. The molecule has 4 rings (SSSR count). The van der Waals surface area contributed by atoms with Crippen LogP contribution in [0, 0.1) is 0 Å². The number of carbonyl (C=O) groups is 3. The van der Waals surface area contributed by atoms with Crippen molar-refractivity contribution in [3.8, 4) is 0 Å². The molecule has 3 aliphatic rings. The minimum absolute atomic E-state index is 0.0185. The Morgan fingerprint density at radius 2 is 2.09 bits per heavy atom. The highest BCUT2D eigenvalue weighted by molar-refractivity contribution is 8.02. The zero-order valence-electron chi connectivity index (χ0n) is 12.6. The van der Waals surface area contributed by atoms with Crippen LogP contribution in [0.25, 0.3) is 0 Å². The number of anilines is 1. The summed E-state index contributed by atoms with van der Waals surface area (Å²) in [4.78, 5) is 40.7. The zero-order chi connectivity index (χ0) is 16.0. The van der Waals surface area contributed by atoms with Gasteiger partial charge >= 0.3 is 0 Å². The van der Waals surface area contributed by atoms with Gasteiger partial charge < -0.3 is 10.2 Å². The molecule has 3 aliphatic heterocycles. The van der Waals surface area contributed by atoms with Gasteiger partial charge in [0.1, 0.15) is 0 Å². The van der Waals surface area contributed by atoms with Crippen LogP contribution in [0.4, 0.5) is 5.69 Å². The Balaban J connectivity index is 1.71. The van der Waals surface area contributed by atoms with Gasteiger partial charge in [-0.25, -0.2) is 0 Å². The van der Waals surface area contributed by atoms with Gasteiger partial charge in [-0.15, -0.1) is 0 Å². The molecule has 3 amide bonds. The van der Waals surface area contributed by atoms with Gasteiger partial charge in [0, 0.05) is 24.4 Å². The second kappa shape index (κ2) is 5.26. The lowest BCUT2D eigenvalue weighted by molar-refractivity contribution is -0.137. The first-order chi connectivity index (χ1) is 11.1. The number of amides is 3. The number of carbonyl (C=O) groups excluding carboxylic acids is 3. The van der Waals surface area contributed by atoms with E-state index in [1.165, 1.54) is 11.8 Å². The fourth-order valence-corrected chi connectivity index (χ4v) is 5.00. The molecule has 7 heteroatoms. The van der Waals surface area contributed by atoms with Gasteiger partial charge in [-0.05, 0) is 25.0 Å². The summed E-state index contributed by atoms with van der Waals surface area (Å²) in [6.45, 7) is 1.20. The van der Waals surface area contributed by atoms with Crippen LogP contribution in [0.1, 0.15) is 19.3 Å². The minimum atomic E-state index is -0.911. The molecule has 6 nitrogen and oxygen atoms in total. The quantitative estimate of drug-likeness (QED) is 0.832. The van der Waals surface area contributed by atoms with E-state index in [2.05, 4.69) is 5.32 Å². The fourth-order valence-electron chi connectivity index (χ4n) is 3.51. The highest BCUT2D eigenvalue weighted by atomic mass is 32.2. The number of hydrogen-bond donors (Lipinski definition) is 1. The van der Waals surface area contributed by atoms with E-state index in [0.717, 1.165) is 17.0 Å². The van der Waals surface area contributed by atoms with Crippen LogP contribution in [-0.2, 0) is 14.4 Å². The number of nitrogens with one attached hydrogen (secondary N) is 1. The molecule has 1 N–H and O–H groups in total. The van der Waals surface area contributed by atoms with E-state index in [0.29, 0.717) is 25.9 Å². The second-order valence-electron chi connectivity index (χ2n) is 6.01. The van der Waals surface area contributed by atoms with Gasteiger partial charge in [0.05, 0.1) is 12.2 Å². The van der Waals surface area contributed by atoms with Crippen LogP contribution < -0.4 is 10.2 Å². The van der Waals surface area contributed by atoms with Gasteiger partial charge in [-0.1, -0.05) is 23.9 Å². The number of thioether (sulfide) groups is 1. The number of nitrogens with zero attached hydrogens (tertiary/aromatic N) is 2. The maximum Gasteiger partial charge on any atom is 0.260 e. The highest BCUT2D eigenvalue weighted by Gasteiger charge is 2.58. The van der Waals surface area contributed by atoms with Gasteiger partial charge in [-0.2, -0.15) is 0 Å². The summed E-state index contributed by atoms with van der Waals surface area (Å²) in [5, 5.41) is 2.78. The van der Waals surface area contributed by atoms with E-state index in [9.17, 15) is 14.4 Å². The van der Waals surface area contributed by atoms with Crippen molar-refractivity contribution in [2.24, 2.45) is 0 Å². The summed E-state index contributed by atoms with van der Waals surface area (Å²) in [6.07, 6.45) is 1.59. The molecule has 2 saturated heterocycles. The van der Waals surface area contributed by atoms with Crippen LogP contribution in [0.2, 0.25) is 0 Å². The fraction of sp³-hybridized carbons (Fsp3) is 0.438. The Labute approximate surface area is 138 Å². The topological polar surface area (TPSA) is 69.7 Å². The standard InChI is InChI=1S/C16H17N3O3S/c20-13-10-18(9-3-8-17-13)15(22)16-7-6-14(21)19(16)11-4-1-2-5-12(11)23-16/h1-2,4-5H,3,6-10H2,(H,17,20). The number of fused-ring (bicyclic) bond motifs is 3. The molecule has 0 saturated carbocycles. The van der Waals surface area contributed by atoms with Crippen molar-refractivity contribution in [3.05, 3.63) is 24.3 Å². The maximum absolute atomic E-state index is 13.2. The predicted molar refractivity (Wildman–Crippen MR) is 86.0 cm³/mol. The average molecular weight is 331 g/mol. The first kappa shape index (κ1) is 14.6. The van der Waals surface area contributed by atoms with Crippen molar-refractivity contribution >= 4 is 35.2 Å². The van der Waals surface area contributed by atoms with E-state index >= 15 is 0 Å². The summed E-state index contributed by atoms with van der Waals surface area (Å²) in [6, 6.07) is 7.62. The third kappa shape index (κ3) is 2.14. The van der Waals surface area contributed by atoms with Gasteiger partial charge in [0.25, 0.3) is 5.91 Å². The average Bonchev–Trinajstić information content (AvgIpc) is 2.96. The molecule has 1 atom stereocenters. The van der Waals surface area contributed by atoms with Crippen LogP contribution >= 0.6 is 11.8 Å². The summed E-state index contributed by atoms with van der Waals surface area (Å²) >= 11 is 1.45. The Kier molecular flexibility index (Phi) is 3.33. The Hall–Kier alpha value is -2.02. The molecule has 0 aromatic heterocycles. The molecule has 0 radical (unpaired) electrons. The van der Waals surface area contributed by atoms with Crippen molar-refractivity contribution < 1.29 is 14.4 Å². The van der Waals surface area contributed by atoms with Crippen LogP contribution in [0.15, 0.2) is 29.2 Å². The lowest BCUT2D eigenvalue weighted by Gasteiger charge is -2.34. The van der Waals surface area contributed by atoms with E-state index in [1.54, 1.807) is 9.80 Å². The largest absolute Gasteiger partial charge is 0.354 e. The number of benzene rings is 1. The van der Waals surface area contributed by atoms with Gasteiger partial charge in [0.2, 0.25) is 11.8 Å². The molecule has 120 valence electrons. The van der Waals surface area contributed by atoms with Crippen molar-refractivity contribution in [2.75, 3.05) is 24.5 Å². The van der Waals surface area contributed by atoms with Crippen LogP contribution in [-0.4, -0.2) is 47.1 Å². The summed E-state index contributed by atoms with van der Waals surface area (Å²) in [5.74, 6) is -0.277. The lowest BCUT2D eigenvalue weighted by atomic mass is 10.1. The smallest absolute Gasteiger partial charge is 0.260 e. The molecule has 1 aromatic carbocycles. The number of rotatable bonds is 1. The molecule has 2 fully saturated rings. The van der Waals surface area contributed by atoms with Gasteiger partial charge in [-0.3, -0.25) is 19.3 Å². The molecule has 3 heterocycles. The first-order valence-electron chi connectivity index (χ1n) is 7.79. The number of para-hydroxylation sites is 1. The van der Waals surface area contributed by atoms with E-state index in [-0.39, 0.29) is 24.3 Å². The third-order valence-electron chi connectivity index (χ3n) is 4.56. The maximum atomic E-state index is 13.2. The van der Waals surface area contributed by atoms with Crippen molar-refractivity contribution in [1.82, 2.24) is 10.2 Å². The van der Waals surface area contributed by atoms with Crippen molar-refractivity contribution in [2.45, 2.75) is 29.0 Å². The molecule has 1 unspecified atom stereocenters. The Morgan fingerprint density at radius 1 is 1.26 bits per heavy atom. The molecule has 0 spiro atoms. The third-order valence-corrected chi connectivity index (χ3v) is 6.02. The van der Waals surface area contributed by atoms with E-state index < -0.39 is 4.87 Å². The Morgan fingerprint density at radius 3 is 2.96 bits per heavy atom. The molecule has 0 aliphatic carbocycles. The van der Waals surface area contributed by atoms with E-state index in [4.69, 9.17) is 0 Å². The lowest BCUT2D eigenvalue weighted by Crippen LogP contribution is -2.55. The monoisotopic (exact) mass is 331 g/mol. The molecule has 23 heavy (non-hydrogen) atoms. The highest BCUT2D eigenvalue weighted by Crippen LogP contribution is 2.56. The molecular formula is C16H17N3O3S.